The van der Waals surface area contributed by atoms with Crippen molar-refractivity contribution in [3.8, 4) is 0 Å². The van der Waals surface area contributed by atoms with Crippen LogP contribution in [-0.2, 0) is 25.0 Å². The highest BCUT2D eigenvalue weighted by Crippen LogP contribution is 2.67. The topological polar surface area (TPSA) is 63.7 Å². The summed E-state index contributed by atoms with van der Waals surface area (Å²) in [6, 6.07) is 21.5. The quantitative estimate of drug-likeness (QED) is 0.595. The van der Waals surface area contributed by atoms with E-state index in [1.807, 2.05) is 55.5 Å². The summed E-state index contributed by atoms with van der Waals surface area (Å²) in [5, 5.41) is 0. The molecule has 3 aromatic rings. The molecule has 1 saturated heterocycles. The number of ether oxygens (including phenoxy) is 1. The molecule has 2 heterocycles. The highest BCUT2D eigenvalue weighted by molar-refractivity contribution is 7.92. The number of sulfonamides is 1. The van der Waals surface area contributed by atoms with Crippen LogP contribution in [0.15, 0.2) is 77.7 Å². The average Bonchev–Trinajstić information content (AvgIpc) is 3.34. The molecule has 6 rings (SSSR count). The van der Waals surface area contributed by atoms with Crippen LogP contribution in [-0.4, -0.2) is 21.0 Å². The summed E-state index contributed by atoms with van der Waals surface area (Å²) in [5.41, 5.74) is 3.48. The maximum Gasteiger partial charge on any atom is 0.314 e. The summed E-state index contributed by atoms with van der Waals surface area (Å²) in [6.07, 6.45) is 0. The number of cyclic esters (lactones) is 1. The number of aryl methyl sites for hydroxylation is 1. The van der Waals surface area contributed by atoms with Crippen molar-refractivity contribution in [1.29, 1.82) is 0 Å². The van der Waals surface area contributed by atoms with Gasteiger partial charge in [0.15, 0.2) is 0 Å². The van der Waals surface area contributed by atoms with Crippen LogP contribution in [0, 0.1) is 6.92 Å². The fourth-order valence-corrected chi connectivity index (χ4v) is 7.22. The number of hydrogen-bond donors (Lipinski definition) is 0. The molecule has 150 valence electrons. The Balaban J connectivity index is 1.66. The number of fused-ring (bicyclic) bond motifs is 4. The van der Waals surface area contributed by atoms with E-state index in [4.69, 9.17) is 4.74 Å². The van der Waals surface area contributed by atoms with Gasteiger partial charge in [-0.05, 0) is 41.8 Å². The number of carbonyl (C=O) groups excluding carboxylic acids is 1. The van der Waals surface area contributed by atoms with Crippen LogP contribution in [0.4, 0.5) is 5.69 Å². The van der Waals surface area contributed by atoms with E-state index < -0.39 is 27.4 Å². The van der Waals surface area contributed by atoms with Gasteiger partial charge in [0, 0.05) is 0 Å². The van der Waals surface area contributed by atoms with Crippen molar-refractivity contribution >= 4 is 21.7 Å². The van der Waals surface area contributed by atoms with Gasteiger partial charge in [-0.2, -0.15) is 0 Å². The van der Waals surface area contributed by atoms with Crippen molar-refractivity contribution in [2.24, 2.45) is 0 Å². The molecule has 0 aromatic heterocycles. The van der Waals surface area contributed by atoms with Gasteiger partial charge >= 0.3 is 5.97 Å². The van der Waals surface area contributed by atoms with Crippen LogP contribution in [0.3, 0.4) is 0 Å². The number of nitrogens with zero attached hydrogens (tertiary/aromatic N) is 1. The highest BCUT2D eigenvalue weighted by atomic mass is 32.2. The van der Waals surface area contributed by atoms with Crippen LogP contribution in [0.2, 0.25) is 0 Å². The lowest BCUT2D eigenvalue weighted by Gasteiger charge is -2.31. The molecular weight excluding hydrogens is 398 g/mol. The molecule has 6 heteroatoms. The van der Waals surface area contributed by atoms with Gasteiger partial charge in [0.05, 0.1) is 28.0 Å². The zero-order valence-corrected chi connectivity index (χ0v) is 17.1. The van der Waals surface area contributed by atoms with E-state index >= 15 is 0 Å². The molecule has 5 nitrogen and oxygen atoms in total. The van der Waals surface area contributed by atoms with Crippen molar-refractivity contribution in [3.63, 3.8) is 0 Å². The Hall–Kier alpha value is -3.12. The minimum atomic E-state index is -3.86. The van der Waals surface area contributed by atoms with Gasteiger partial charge in [-0.25, -0.2) is 8.42 Å². The Kier molecular flexibility index (Phi) is 3.38. The first kappa shape index (κ1) is 17.7. The van der Waals surface area contributed by atoms with Crippen molar-refractivity contribution in [3.05, 3.63) is 95.1 Å². The second-order valence-electron chi connectivity index (χ2n) is 8.24. The summed E-state index contributed by atoms with van der Waals surface area (Å²) in [4.78, 5) is 13.1. The van der Waals surface area contributed by atoms with E-state index in [1.165, 1.54) is 4.31 Å². The first-order valence-corrected chi connectivity index (χ1v) is 11.4. The predicted octanol–water partition coefficient (Wildman–Crippen LogP) is 3.84. The summed E-state index contributed by atoms with van der Waals surface area (Å²) >= 11 is 0. The zero-order valence-electron chi connectivity index (χ0n) is 16.3. The molecule has 1 unspecified atom stereocenters. The Labute approximate surface area is 175 Å². The SMILES string of the molecule is Cc1ccc(S(=O)(=O)N2c3ccccc3[C@@]34COC(=O)C3c3ccccc3[C@@H]24)cc1. The Morgan fingerprint density at radius 1 is 0.933 bits per heavy atom. The van der Waals surface area contributed by atoms with Gasteiger partial charge in [-0.1, -0.05) is 60.2 Å². The maximum atomic E-state index is 13.9. The van der Waals surface area contributed by atoms with Crippen molar-refractivity contribution < 1.29 is 17.9 Å². The smallest absolute Gasteiger partial charge is 0.314 e. The van der Waals surface area contributed by atoms with Gasteiger partial charge in [0.1, 0.15) is 6.61 Å². The monoisotopic (exact) mass is 417 g/mol. The zero-order chi connectivity index (χ0) is 20.7. The van der Waals surface area contributed by atoms with E-state index in [-0.39, 0.29) is 17.5 Å². The van der Waals surface area contributed by atoms with Crippen LogP contribution in [0.5, 0.6) is 0 Å². The van der Waals surface area contributed by atoms with E-state index in [0.29, 0.717) is 5.69 Å². The van der Waals surface area contributed by atoms with Gasteiger partial charge in [0.2, 0.25) is 0 Å². The van der Waals surface area contributed by atoms with Gasteiger partial charge in [-0.3, -0.25) is 9.10 Å². The van der Waals surface area contributed by atoms with E-state index in [9.17, 15) is 13.2 Å². The molecule has 0 amide bonds. The maximum absolute atomic E-state index is 13.9. The third-order valence-electron chi connectivity index (χ3n) is 6.75. The molecule has 0 saturated carbocycles. The molecule has 0 bridgehead atoms. The minimum absolute atomic E-state index is 0.173. The summed E-state index contributed by atoms with van der Waals surface area (Å²) in [5.74, 6) is -0.785. The van der Waals surface area contributed by atoms with Crippen molar-refractivity contribution in [2.45, 2.75) is 29.2 Å². The number of carbonyl (C=O) groups is 1. The number of benzene rings is 3. The number of rotatable bonds is 2. The van der Waals surface area contributed by atoms with Gasteiger partial charge < -0.3 is 4.74 Å². The normalized spacial score (nSPS) is 26.0. The van der Waals surface area contributed by atoms with Crippen molar-refractivity contribution in [2.75, 3.05) is 10.9 Å². The molecule has 30 heavy (non-hydrogen) atoms. The second-order valence-corrected chi connectivity index (χ2v) is 10.1. The average molecular weight is 417 g/mol. The lowest BCUT2D eigenvalue weighted by molar-refractivity contribution is -0.139. The second kappa shape index (κ2) is 5.73. The summed E-state index contributed by atoms with van der Waals surface area (Å²) in [6.45, 7) is 2.10. The molecule has 2 aliphatic heterocycles. The van der Waals surface area contributed by atoms with E-state index in [2.05, 4.69) is 0 Å². The molecule has 1 fully saturated rings. The predicted molar refractivity (Wildman–Crippen MR) is 112 cm³/mol. The first-order chi connectivity index (χ1) is 14.5. The van der Waals surface area contributed by atoms with E-state index in [1.54, 1.807) is 24.3 Å². The molecule has 0 radical (unpaired) electrons. The molecule has 1 spiro atoms. The number of anilines is 1. The molecule has 3 aromatic carbocycles. The minimum Gasteiger partial charge on any atom is -0.464 e. The van der Waals surface area contributed by atoms with Crippen LogP contribution < -0.4 is 4.31 Å². The Bertz CT molecular complexity index is 1320. The lowest BCUT2D eigenvalue weighted by Crippen LogP contribution is -2.40. The Morgan fingerprint density at radius 3 is 2.37 bits per heavy atom. The lowest BCUT2D eigenvalue weighted by atomic mass is 9.72. The van der Waals surface area contributed by atoms with Crippen LogP contribution >= 0.6 is 0 Å². The molecule has 3 aliphatic rings. The molecular formula is C24H19NO4S. The van der Waals surface area contributed by atoms with E-state index in [0.717, 1.165) is 22.3 Å². The molecule has 0 N–H and O–H groups in total. The standard InChI is InChI=1S/C24H19NO4S/c1-15-10-12-16(13-11-15)30(27,28)25-20-9-5-4-8-19(20)24-14-29-23(26)21(24)17-6-2-3-7-18(17)22(24)25/h2-13,21-22H,14H2,1H3/t21?,22-,24+/m1/s1. The van der Waals surface area contributed by atoms with Crippen molar-refractivity contribution in [1.82, 2.24) is 0 Å². The van der Waals surface area contributed by atoms with Crippen LogP contribution in [0.1, 0.15) is 34.2 Å². The Morgan fingerprint density at radius 2 is 1.60 bits per heavy atom. The number of esters is 1. The third-order valence-corrected chi connectivity index (χ3v) is 8.54. The molecule has 3 atom stereocenters. The number of para-hydroxylation sites is 1. The first-order valence-electron chi connectivity index (χ1n) is 9.92. The van der Waals surface area contributed by atoms with Gasteiger partial charge in [0.25, 0.3) is 10.0 Å². The fourth-order valence-electron chi connectivity index (χ4n) is 5.52. The largest absolute Gasteiger partial charge is 0.464 e. The fraction of sp³-hybridized carbons (Fsp3) is 0.208. The summed E-state index contributed by atoms with van der Waals surface area (Å²) in [7, 11) is -3.86. The third kappa shape index (κ3) is 1.97. The van der Waals surface area contributed by atoms with Gasteiger partial charge in [-0.15, -0.1) is 0 Å². The van der Waals surface area contributed by atoms with Crippen LogP contribution in [0.25, 0.3) is 0 Å². The molecule has 1 aliphatic carbocycles. The highest BCUT2D eigenvalue weighted by Gasteiger charge is 2.69. The number of hydrogen-bond acceptors (Lipinski definition) is 4. The summed E-state index contributed by atoms with van der Waals surface area (Å²) < 4.78 is 34.9.